The Morgan fingerprint density at radius 3 is 2.66 bits per heavy atom. The summed E-state index contributed by atoms with van der Waals surface area (Å²) in [5.41, 5.74) is 1.89. The molecule has 1 saturated carbocycles. The van der Waals surface area contributed by atoms with Crippen molar-refractivity contribution < 1.29 is 42.4 Å². The van der Waals surface area contributed by atoms with Crippen LogP contribution in [0.25, 0.3) is 0 Å². The van der Waals surface area contributed by atoms with Crippen molar-refractivity contribution in [3.05, 3.63) is 59.1 Å². The molecule has 0 radical (unpaired) electrons. The second-order valence-electron chi connectivity index (χ2n) is 11.0. The van der Waals surface area contributed by atoms with E-state index in [4.69, 9.17) is 9.47 Å². The Hall–Kier alpha value is -3.60. The normalized spacial score (nSPS) is 26.1. The van der Waals surface area contributed by atoms with Crippen LogP contribution in [0.5, 0.6) is 11.5 Å². The van der Waals surface area contributed by atoms with Crippen LogP contribution in [0.4, 0.5) is 13.6 Å². The zero-order valence-corrected chi connectivity index (χ0v) is 21.0. The molecule has 6 rings (SSSR count). The summed E-state index contributed by atoms with van der Waals surface area (Å²) in [5, 5.41) is 13.1. The first kappa shape index (κ1) is 24.7. The van der Waals surface area contributed by atoms with Crippen LogP contribution in [0, 0.1) is 11.3 Å². The largest absolute Gasteiger partial charge is 0.586 e. The number of ether oxygens (including phenoxy) is 4. The van der Waals surface area contributed by atoms with E-state index >= 15 is 0 Å². The molecule has 3 heterocycles. The van der Waals surface area contributed by atoms with Gasteiger partial charge in [-0.15, -0.1) is 8.78 Å². The molecule has 38 heavy (non-hydrogen) atoms. The van der Waals surface area contributed by atoms with E-state index < -0.39 is 29.4 Å². The number of allylic oxidation sites excluding steroid dienone is 4. The fourth-order valence-electron chi connectivity index (χ4n) is 5.48. The van der Waals surface area contributed by atoms with E-state index in [9.17, 15) is 23.5 Å². The number of rotatable bonds is 7. The number of hydrogen-bond acceptors (Lipinski definition) is 8. The van der Waals surface area contributed by atoms with Gasteiger partial charge in [-0.25, -0.2) is 4.79 Å². The third kappa shape index (κ3) is 4.18. The number of nitrogens with zero attached hydrogens (tertiary/aromatic N) is 1. The van der Waals surface area contributed by atoms with Crippen LogP contribution in [0.2, 0.25) is 0 Å². The van der Waals surface area contributed by atoms with Gasteiger partial charge < -0.3 is 34.3 Å². The lowest BCUT2D eigenvalue weighted by Gasteiger charge is -2.35. The van der Waals surface area contributed by atoms with Gasteiger partial charge >= 0.3 is 12.5 Å². The van der Waals surface area contributed by atoms with Crippen molar-refractivity contribution in [1.29, 1.82) is 0 Å². The highest BCUT2D eigenvalue weighted by Crippen LogP contribution is 2.52. The highest BCUT2D eigenvalue weighted by molar-refractivity contribution is 5.92. The van der Waals surface area contributed by atoms with E-state index in [0.29, 0.717) is 31.4 Å². The molecule has 2 fully saturated rings. The molecule has 2 unspecified atom stereocenters. The molecule has 0 spiro atoms. The molecule has 1 saturated heterocycles. The smallest absolute Gasteiger partial charge is 0.430 e. The van der Waals surface area contributed by atoms with E-state index in [0.717, 1.165) is 17.1 Å². The van der Waals surface area contributed by atoms with Crippen LogP contribution in [0.3, 0.4) is 0 Å². The lowest BCUT2D eigenvalue weighted by atomic mass is 9.88. The predicted molar refractivity (Wildman–Crippen MR) is 128 cm³/mol. The number of nitrogens with one attached hydrogen (secondary N) is 1. The standard InChI is InChI=1S/C27H28F2N2O7/c1-25(2,14-32)22-10-15-9-17(4-5-19(15)31(22)12-18-13-35-24(34)36-18)30-23(33)26(7-8-26)16-3-6-20-21(11-16)38-27(28,29)37-20/h3-6,10-11,15,18,32H,7-9,12-14H2,1-2H3,(H,30,33). The predicted octanol–water partition coefficient (Wildman–Crippen LogP) is 3.70. The molecule has 9 nitrogen and oxygen atoms in total. The highest BCUT2D eigenvalue weighted by atomic mass is 19.3. The number of benzene rings is 1. The summed E-state index contributed by atoms with van der Waals surface area (Å²) in [7, 11) is 0. The van der Waals surface area contributed by atoms with Gasteiger partial charge in [-0.1, -0.05) is 26.0 Å². The maximum absolute atomic E-state index is 13.5. The Kier molecular flexibility index (Phi) is 5.50. The van der Waals surface area contributed by atoms with Crippen LogP contribution in [-0.2, 0) is 19.7 Å². The molecule has 1 aromatic carbocycles. The number of fused-ring (bicyclic) bond motifs is 2. The van der Waals surface area contributed by atoms with Gasteiger partial charge in [-0.05, 0) is 49.1 Å². The van der Waals surface area contributed by atoms with Crippen molar-refractivity contribution in [2.75, 3.05) is 19.8 Å². The molecule has 2 N–H and O–H groups in total. The summed E-state index contributed by atoms with van der Waals surface area (Å²) in [5.74, 6) is -0.377. The first-order valence-corrected chi connectivity index (χ1v) is 12.6. The first-order valence-electron chi connectivity index (χ1n) is 12.6. The zero-order valence-electron chi connectivity index (χ0n) is 21.0. The average Bonchev–Trinajstić information content (AvgIpc) is 3.31. The quantitative estimate of drug-likeness (QED) is 0.514. The zero-order chi connectivity index (χ0) is 26.9. The number of carbonyl (C=O) groups excluding carboxylic acids is 2. The van der Waals surface area contributed by atoms with E-state index in [1.165, 1.54) is 12.1 Å². The van der Waals surface area contributed by atoms with Gasteiger partial charge in [0.05, 0.1) is 18.6 Å². The van der Waals surface area contributed by atoms with Crippen molar-refractivity contribution in [2.24, 2.45) is 11.3 Å². The summed E-state index contributed by atoms with van der Waals surface area (Å²) >= 11 is 0. The van der Waals surface area contributed by atoms with E-state index in [1.54, 1.807) is 6.07 Å². The number of amides is 1. The minimum atomic E-state index is -3.71. The van der Waals surface area contributed by atoms with Gasteiger partial charge in [0.25, 0.3) is 0 Å². The third-order valence-electron chi connectivity index (χ3n) is 7.77. The van der Waals surface area contributed by atoms with Crippen molar-refractivity contribution in [3.63, 3.8) is 0 Å². The maximum atomic E-state index is 13.5. The van der Waals surface area contributed by atoms with Crippen LogP contribution >= 0.6 is 0 Å². The summed E-state index contributed by atoms with van der Waals surface area (Å²) in [6, 6.07) is 4.49. The number of aliphatic hydroxyl groups excluding tert-OH is 1. The van der Waals surface area contributed by atoms with E-state index in [-0.39, 0.29) is 36.5 Å². The number of halogens is 2. The first-order chi connectivity index (χ1) is 18.0. The number of cyclic esters (lactones) is 2. The van der Waals surface area contributed by atoms with Gasteiger partial charge in [0.15, 0.2) is 17.6 Å². The molecule has 2 atom stereocenters. The number of hydrogen-bond donors (Lipinski definition) is 2. The minimum Gasteiger partial charge on any atom is -0.430 e. The van der Waals surface area contributed by atoms with Gasteiger partial charge in [-0.3, -0.25) is 4.79 Å². The van der Waals surface area contributed by atoms with E-state index in [2.05, 4.69) is 25.8 Å². The lowest BCUT2D eigenvalue weighted by molar-refractivity contribution is -0.286. The molecule has 1 aromatic rings. The van der Waals surface area contributed by atoms with Crippen LogP contribution in [0.1, 0.15) is 38.7 Å². The molecule has 3 aliphatic heterocycles. The Balaban J connectivity index is 1.20. The second kappa shape index (κ2) is 8.45. The fraction of sp³-hybridized carbons (Fsp3) is 0.481. The second-order valence-corrected chi connectivity index (χ2v) is 11.0. The van der Waals surface area contributed by atoms with Crippen molar-refractivity contribution in [3.8, 4) is 11.5 Å². The molecule has 0 aromatic heterocycles. The Labute approximate surface area is 217 Å². The molecule has 202 valence electrons. The lowest BCUT2D eigenvalue weighted by Crippen LogP contribution is -2.38. The average molecular weight is 531 g/mol. The maximum Gasteiger partial charge on any atom is 0.586 e. The number of carbonyl (C=O) groups is 2. The van der Waals surface area contributed by atoms with Crippen molar-refractivity contribution in [1.82, 2.24) is 10.2 Å². The van der Waals surface area contributed by atoms with E-state index in [1.807, 2.05) is 26.0 Å². The van der Waals surface area contributed by atoms with Gasteiger partial charge in [0.1, 0.15) is 6.61 Å². The van der Waals surface area contributed by atoms with Crippen LogP contribution < -0.4 is 14.8 Å². The van der Waals surface area contributed by atoms with Gasteiger partial charge in [-0.2, -0.15) is 0 Å². The molecular formula is C27H28F2N2O7. The molecular weight excluding hydrogens is 502 g/mol. The molecule has 11 heteroatoms. The Morgan fingerprint density at radius 1 is 1.21 bits per heavy atom. The summed E-state index contributed by atoms with van der Waals surface area (Å²) < 4.78 is 46.1. The highest BCUT2D eigenvalue weighted by Gasteiger charge is 2.53. The third-order valence-corrected chi connectivity index (χ3v) is 7.77. The molecule has 5 aliphatic rings. The molecule has 0 bridgehead atoms. The summed E-state index contributed by atoms with van der Waals surface area (Å²) in [6.45, 7) is 4.36. The molecule has 1 amide bonds. The number of aliphatic hydroxyl groups is 1. The minimum absolute atomic E-state index is 0.0444. The van der Waals surface area contributed by atoms with Gasteiger partial charge in [0.2, 0.25) is 5.91 Å². The Morgan fingerprint density at radius 2 is 1.97 bits per heavy atom. The fourth-order valence-corrected chi connectivity index (χ4v) is 5.48. The summed E-state index contributed by atoms with van der Waals surface area (Å²) in [6.07, 6.45) is 2.76. The van der Waals surface area contributed by atoms with Crippen molar-refractivity contribution >= 4 is 12.1 Å². The summed E-state index contributed by atoms with van der Waals surface area (Å²) in [4.78, 5) is 26.9. The SMILES string of the molecule is CC(C)(CO)C1=CC2CC(NC(=O)C3(c4ccc5c(c4)OC(F)(F)O5)CC3)=CC=C2N1CC1COC(=O)O1. The topological polar surface area (TPSA) is 107 Å². The van der Waals surface area contributed by atoms with Crippen molar-refractivity contribution in [2.45, 2.75) is 50.9 Å². The van der Waals surface area contributed by atoms with Crippen LogP contribution in [-0.4, -0.2) is 54.2 Å². The monoisotopic (exact) mass is 530 g/mol. The van der Waals surface area contributed by atoms with Crippen LogP contribution in [0.15, 0.2) is 53.5 Å². The van der Waals surface area contributed by atoms with Gasteiger partial charge in [0, 0.05) is 28.4 Å². The number of alkyl halides is 2. The Bertz CT molecular complexity index is 1300. The molecule has 2 aliphatic carbocycles.